The Labute approximate surface area is 196 Å². The minimum atomic E-state index is -0.832. The highest BCUT2D eigenvalue weighted by molar-refractivity contribution is 5.65. The molecule has 2 atom stereocenters. The van der Waals surface area contributed by atoms with E-state index in [1.807, 2.05) is 24.3 Å². The molecule has 1 fully saturated rings. The number of amides is 1. The van der Waals surface area contributed by atoms with Gasteiger partial charge in [0, 0.05) is 55.1 Å². The quantitative estimate of drug-likeness (QED) is 0.543. The van der Waals surface area contributed by atoms with E-state index >= 15 is 0 Å². The maximum Gasteiger partial charge on any atom is 0.407 e. The SMILES string of the molecule is COc1ccc(CNc2ncccc2CNC2CCN(C(=O)O)C(C(C)(C)C)C2)c(OC)c1. The van der Waals surface area contributed by atoms with Crippen LogP contribution in [0.25, 0.3) is 0 Å². The molecule has 1 amide bonds. The standard InChI is InChI=1S/C25H36N4O4/c1-25(2,3)22-13-19(10-12-29(22)24(30)31)27-16-18-7-6-11-26-23(18)28-15-17-8-9-20(32-4)14-21(17)33-5/h6-9,11,14,19,22,27H,10,12-13,15-16H2,1-5H3,(H,26,28)(H,30,31). The number of nitrogens with zero attached hydrogens (tertiary/aromatic N) is 2. The first-order chi connectivity index (χ1) is 15.7. The number of nitrogens with one attached hydrogen (secondary N) is 2. The highest BCUT2D eigenvalue weighted by Crippen LogP contribution is 2.32. The number of piperidine rings is 1. The van der Waals surface area contributed by atoms with Crippen molar-refractivity contribution in [1.29, 1.82) is 0 Å². The predicted octanol–water partition coefficient (Wildman–Crippen LogP) is 4.36. The molecule has 0 saturated carbocycles. The van der Waals surface area contributed by atoms with Gasteiger partial charge in [0.05, 0.1) is 14.2 Å². The minimum Gasteiger partial charge on any atom is -0.497 e. The molecule has 2 aromatic rings. The van der Waals surface area contributed by atoms with Crippen molar-refractivity contribution in [3.8, 4) is 11.5 Å². The lowest BCUT2D eigenvalue weighted by Crippen LogP contribution is -2.55. The Morgan fingerprint density at radius 1 is 1.18 bits per heavy atom. The predicted molar refractivity (Wildman–Crippen MR) is 129 cm³/mol. The lowest BCUT2D eigenvalue weighted by atomic mass is 9.79. The van der Waals surface area contributed by atoms with Crippen LogP contribution in [0.2, 0.25) is 0 Å². The third-order valence-electron chi connectivity index (χ3n) is 6.26. The van der Waals surface area contributed by atoms with E-state index in [1.165, 1.54) is 0 Å². The van der Waals surface area contributed by atoms with E-state index in [4.69, 9.17) is 9.47 Å². The molecular weight excluding hydrogens is 420 g/mol. The number of rotatable bonds is 8. The molecule has 1 aliphatic heterocycles. The molecule has 1 aromatic heterocycles. The minimum absolute atomic E-state index is 0.0183. The van der Waals surface area contributed by atoms with Gasteiger partial charge in [-0.3, -0.25) is 0 Å². The molecule has 0 radical (unpaired) electrons. The van der Waals surface area contributed by atoms with Crippen LogP contribution in [0.5, 0.6) is 11.5 Å². The summed E-state index contributed by atoms with van der Waals surface area (Å²) in [4.78, 5) is 17.8. The van der Waals surface area contributed by atoms with Crippen LogP contribution < -0.4 is 20.1 Å². The molecule has 2 heterocycles. The van der Waals surface area contributed by atoms with Crippen LogP contribution in [0.4, 0.5) is 10.6 Å². The molecular formula is C25H36N4O4. The summed E-state index contributed by atoms with van der Waals surface area (Å²) in [5.74, 6) is 2.33. The first-order valence-corrected chi connectivity index (χ1v) is 11.3. The van der Waals surface area contributed by atoms with E-state index in [0.29, 0.717) is 19.6 Å². The third kappa shape index (κ3) is 6.28. The van der Waals surface area contributed by atoms with Gasteiger partial charge in [0.25, 0.3) is 0 Å². The van der Waals surface area contributed by atoms with Crippen molar-refractivity contribution in [2.45, 2.75) is 58.8 Å². The number of ether oxygens (including phenoxy) is 2. The second kappa shape index (κ2) is 10.7. The fourth-order valence-electron chi connectivity index (χ4n) is 4.37. The fourth-order valence-corrected chi connectivity index (χ4v) is 4.37. The van der Waals surface area contributed by atoms with E-state index in [-0.39, 0.29) is 17.5 Å². The van der Waals surface area contributed by atoms with Gasteiger partial charge >= 0.3 is 6.09 Å². The number of pyridine rings is 1. The Kier molecular flexibility index (Phi) is 8.02. The largest absolute Gasteiger partial charge is 0.497 e. The fraction of sp³-hybridized carbons (Fsp3) is 0.520. The van der Waals surface area contributed by atoms with Crippen molar-refractivity contribution < 1.29 is 19.4 Å². The Balaban J connectivity index is 1.64. The first-order valence-electron chi connectivity index (χ1n) is 11.3. The normalized spacial score (nSPS) is 18.6. The summed E-state index contributed by atoms with van der Waals surface area (Å²) < 4.78 is 10.8. The molecule has 0 aliphatic carbocycles. The van der Waals surface area contributed by atoms with E-state index in [0.717, 1.165) is 41.3 Å². The molecule has 180 valence electrons. The Morgan fingerprint density at radius 2 is 1.97 bits per heavy atom. The third-order valence-corrected chi connectivity index (χ3v) is 6.26. The van der Waals surface area contributed by atoms with E-state index in [9.17, 15) is 9.90 Å². The van der Waals surface area contributed by atoms with Crippen molar-refractivity contribution in [3.05, 3.63) is 47.7 Å². The Hall–Kier alpha value is -3.00. The molecule has 33 heavy (non-hydrogen) atoms. The zero-order valence-electron chi connectivity index (χ0n) is 20.2. The number of aromatic nitrogens is 1. The highest BCUT2D eigenvalue weighted by Gasteiger charge is 2.38. The number of carbonyl (C=O) groups is 1. The average Bonchev–Trinajstić information content (AvgIpc) is 2.81. The number of hydrogen-bond acceptors (Lipinski definition) is 6. The zero-order chi connectivity index (χ0) is 24.0. The van der Waals surface area contributed by atoms with Crippen molar-refractivity contribution in [3.63, 3.8) is 0 Å². The lowest BCUT2D eigenvalue weighted by molar-refractivity contribution is 0.0481. The molecule has 8 heteroatoms. The number of carboxylic acid groups (broad SMARTS) is 1. The van der Waals surface area contributed by atoms with Crippen LogP contribution in [0.1, 0.15) is 44.7 Å². The molecule has 8 nitrogen and oxygen atoms in total. The molecule has 2 unspecified atom stereocenters. The van der Waals surface area contributed by atoms with Gasteiger partial charge in [-0.05, 0) is 36.5 Å². The second-order valence-electron chi connectivity index (χ2n) is 9.50. The molecule has 3 N–H and O–H groups in total. The number of hydrogen-bond donors (Lipinski definition) is 3. The van der Waals surface area contributed by atoms with E-state index in [1.54, 1.807) is 25.3 Å². The molecule has 1 saturated heterocycles. The number of methoxy groups -OCH3 is 2. The summed E-state index contributed by atoms with van der Waals surface area (Å²) in [7, 11) is 3.28. The van der Waals surface area contributed by atoms with Crippen molar-refractivity contribution in [2.24, 2.45) is 5.41 Å². The van der Waals surface area contributed by atoms with Crippen LogP contribution >= 0.6 is 0 Å². The van der Waals surface area contributed by atoms with Gasteiger partial charge < -0.3 is 30.1 Å². The summed E-state index contributed by atoms with van der Waals surface area (Å²) >= 11 is 0. The highest BCUT2D eigenvalue weighted by atomic mass is 16.5. The monoisotopic (exact) mass is 456 g/mol. The van der Waals surface area contributed by atoms with Crippen LogP contribution in [0.15, 0.2) is 36.5 Å². The Bertz CT molecular complexity index is 944. The molecule has 0 spiro atoms. The maximum atomic E-state index is 11.7. The molecule has 3 rings (SSSR count). The zero-order valence-corrected chi connectivity index (χ0v) is 20.2. The van der Waals surface area contributed by atoms with Crippen molar-refractivity contribution in [2.75, 3.05) is 26.1 Å². The van der Waals surface area contributed by atoms with Crippen LogP contribution in [0, 0.1) is 5.41 Å². The number of benzene rings is 1. The second-order valence-corrected chi connectivity index (χ2v) is 9.50. The van der Waals surface area contributed by atoms with Gasteiger partial charge in [-0.1, -0.05) is 26.8 Å². The van der Waals surface area contributed by atoms with E-state index in [2.05, 4.69) is 42.5 Å². The van der Waals surface area contributed by atoms with Gasteiger partial charge in [0.15, 0.2) is 0 Å². The molecule has 1 aromatic carbocycles. The summed E-state index contributed by atoms with van der Waals surface area (Å²) in [6.07, 6.45) is 2.53. The summed E-state index contributed by atoms with van der Waals surface area (Å²) in [5, 5.41) is 16.7. The summed E-state index contributed by atoms with van der Waals surface area (Å²) in [5.41, 5.74) is 1.96. The van der Waals surface area contributed by atoms with Gasteiger partial charge in [-0.25, -0.2) is 9.78 Å². The van der Waals surface area contributed by atoms with Gasteiger partial charge in [-0.15, -0.1) is 0 Å². The lowest BCUT2D eigenvalue weighted by Gasteiger charge is -2.44. The van der Waals surface area contributed by atoms with Crippen LogP contribution in [-0.4, -0.2) is 53.9 Å². The average molecular weight is 457 g/mol. The van der Waals surface area contributed by atoms with Crippen LogP contribution in [-0.2, 0) is 13.1 Å². The van der Waals surface area contributed by atoms with Gasteiger partial charge in [0.2, 0.25) is 0 Å². The Morgan fingerprint density at radius 3 is 2.64 bits per heavy atom. The van der Waals surface area contributed by atoms with E-state index < -0.39 is 6.09 Å². The summed E-state index contributed by atoms with van der Waals surface area (Å²) in [6, 6.07) is 9.98. The summed E-state index contributed by atoms with van der Waals surface area (Å²) in [6.45, 7) is 8.08. The maximum absolute atomic E-state index is 11.7. The van der Waals surface area contributed by atoms with Gasteiger partial charge in [-0.2, -0.15) is 0 Å². The van der Waals surface area contributed by atoms with Crippen molar-refractivity contribution >= 4 is 11.9 Å². The van der Waals surface area contributed by atoms with Gasteiger partial charge in [0.1, 0.15) is 17.3 Å². The van der Waals surface area contributed by atoms with Crippen molar-refractivity contribution in [1.82, 2.24) is 15.2 Å². The molecule has 0 bridgehead atoms. The smallest absolute Gasteiger partial charge is 0.407 e. The number of likely N-dealkylation sites (tertiary alicyclic amines) is 1. The number of anilines is 1. The first kappa shape index (κ1) is 24.6. The van der Waals surface area contributed by atoms with Crippen LogP contribution in [0.3, 0.4) is 0 Å². The topological polar surface area (TPSA) is 96.0 Å². The molecule has 1 aliphatic rings.